The summed E-state index contributed by atoms with van der Waals surface area (Å²) >= 11 is 0. The summed E-state index contributed by atoms with van der Waals surface area (Å²) in [6, 6.07) is 0.307. The maximum absolute atomic E-state index is 12.5. The number of amides is 1. The van der Waals surface area contributed by atoms with E-state index >= 15 is 0 Å². The zero-order valence-corrected chi connectivity index (χ0v) is 12.8. The van der Waals surface area contributed by atoms with E-state index < -0.39 is 0 Å². The van der Waals surface area contributed by atoms with E-state index in [9.17, 15) is 4.79 Å². The van der Waals surface area contributed by atoms with Crippen LogP contribution in [0.5, 0.6) is 0 Å². The fraction of sp³-hybridized carbons (Fsp3) is 0.938. The lowest BCUT2D eigenvalue weighted by atomic mass is 9.67. The number of hydrogen-bond donors (Lipinski definition) is 1. The number of carbonyl (C=O) groups excluding carboxylic acids is 1. The van der Waals surface area contributed by atoms with Crippen molar-refractivity contribution in [2.75, 3.05) is 13.1 Å². The number of carbonyl (C=O) groups is 1. The van der Waals surface area contributed by atoms with Gasteiger partial charge in [0, 0.05) is 25.6 Å². The molecule has 2 N–H and O–H groups in total. The van der Waals surface area contributed by atoms with E-state index in [0.29, 0.717) is 29.8 Å². The summed E-state index contributed by atoms with van der Waals surface area (Å²) in [4.78, 5) is 14.5. The van der Waals surface area contributed by atoms with E-state index in [1.165, 1.54) is 19.3 Å². The third kappa shape index (κ3) is 3.71. The number of hydrogen-bond acceptors (Lipinski definition) is 2. The third-order valence-electron chi connectivity index (χ3n) is 4.91. The molecule has 1 aliphatic carbocycles. The molecule has 0 aromatic rings. The summed E-state index contributed by atoms with van der Waals surface area (Å²) < 4.78 is 0. The Balaban J connectivity index is 1.91. The lowest BCUT2D eigenvalue weighted by Gasteiger charge is -2.39. The van der Waals surface area contributed by atoms with Crippen LogP contribution in [0.1, 0.15) is 59.3 Å². The lowest BCUT2D eigenvalue weighted by molar-refractivity contribution is -0.133. The van der Waals surface area contributed by atoms with Gasteiger partial charge in [0.1, 0.15) is 0 Å². The number of nitrogens with two attached hydrogens (primary N) is 1. The summed E-state index contributed by atoms with van der Waals surface area (Å²) in [5.41, 5.74) is 6.17. The highest BCUT2D eigenvalue weighted by Gasteiger charge is 2.35. The highest BCUT2D eigenvalue weighted by molar-refractivity contribution is 5.77. The number of likely N-dealkylation sites (tertiary alicyclic amines) is 1. The van der Waals surface area contributed by atoms with Crippen molar-refractivity contribution in [1.29, 1.82) is 0 Å². The molecule has 0 bridgehead atoms. The van der Waals surface area contributed by atoms with Crippen LogP contribution in [0.4, 0.5) is 0 Å². The van der Waals surface area contributed by atoms with Gasteiger partial charge >= 0.3 is 0 Å². The van der Waals surface area contributed by atoms with Crippen LogP contribution < -0.4 is 5.73 Å². The smallest absolute Gasteiger partial charge is 0.223 e. The maximum atomic E-state index is 12.5. The van der Waals surface area contributed by atoms with Gasteiger partial charge in [-0.1, -0.05) is 20.8 Å². The molecule has 1 saturated heterocycles. The zero-order valence-electron chi connectivity index (χ0n) is 12.8. The molecule has 0 aromatic carbocycles. The first kappa shape index (κ1) is 14.8. The second-order valence-electron chi connectivity index (χ2n) is 7.60. The van der Waals surface area contributed by atoms with Crippen LogP contribution in [-0.4, -0.2) is 29.9 Å². The normalized spacial score (nSPS) is 34.5. The van der Waals surface area contributed by atoms with Crippen LogP contribution in [0.25, 0.3) is 0 Å². The Morgan fingerprint density at radius 1 is 1.37 bits per heavy atom. The van der Waals surface area contributed by atoms with Crippen molar-refractivity contribution in [3.8, 4) is 0 Å². The van der Waals surface area contributed by atoms with Crippen molar-refractivity contribution in [3.05, 3.63) is 0 Å². The topological polar surface area (TPSA) is 46.3 Å². The Morgan fingerprint density at radius 2 is 2.11 bits per heavy atom. The molecule has 1 saturated carbocycles. The third-order valence-corrected chi connectivity index (χ3v) is 4.91. The number of rotatable bonds is 3. The Kier molecular flexibility index (Phi) is 4.54. The first-order chi connectivity index (χ1) is 8.91. The SMILES string of the molecule is CC1CC(CC(=O)N2CCCC2CN)CC(C)(C)C1. The molecule has 3 unspecified atom stereocenters. The average Bonchev–Trinajstić information content (AvgIpc) is 2.73. The largest absolute Gasteiger partial charge is 0.338 e. The van der Waals surface area contributed by atoms with Gasteiger partial charge in [-0.25, -0.2) is 0 Å². The van der Waals surface area contributed by atoms with Crippen LogP contribution in [-0.2, 0) is 4.79 Å². The van der Waals surface area contributed by atoms with E-state index in [1.54, 1.807) is 0 Å². The summed E-state index contributed by atoms with van der Waals surface area (Å²) in [5.74, 6) is 1.68. The van der Waals surface area contributed by atoms with Gasteiger partial charge in [0.2, 0.25) is 5.91 Å². The minimum absolute atomic E-state index is 0.307. The lowest BCUT2D eigenvalue weighted by Crippen LogP contribution is -2.41. The molecule has 0 radical (unpaired) electrons. The van der Waals surface area contributed by atoms with Gasteiger partial charge in [0.05, 0.1) is 0 Å². The van der Waals surface area contributed by atoms with Crippen LogP contribution in [0.15, 0.2) is 0 Å². The molecule has 2 rings (SSSR count). The van der Waals surface area contributed by atoms with Crippen molar-refractivity contribution in [2.45, 2.75) is 65.3 Å². The van der Waals surface area contributed by atoms with E-state index in [1.807, 2.05) is 4.90 Å². The van der Waals surface area contributed by atoms with Crippen molar-refractivity contribution in [1.82, 2.24) is 4.90 Å². The predicted octanol–water partition coefficient (Wildman–Crippen LogP) is 2.79. The molecule has 3 heteroatoms. The molecular weight excluding hydrogens is 236 g/mol. The Hall–Kier alpha value is -0.570. The molecule has 0 spiro atoms. The van der Waals surface area contributed by atoms with Crippen molar-refractivity contribution < 1.29 is 4.79 Å². The minimum Gasteiger partial charge on any atom is -0.338 e. The number of nitrogens with zero attached hydrogens (tertiary/aromatic N) is 1. The average molecular weight is 266 g/mol. The van der Waals surface area contributed by atoms with Crippen LogP contribution in [0.2, 0.25) is 0 Å². The van der Waals surface area contributed by atoms with E-state index in [2.05, 4.69) is 20.8 Å². The van der Waals surface area contributed by atoms with Gasteiger partial charge in [-0.2, -0.15) is 0 Å². The highest BCUT2D eigenvalue weighted by atomic mass is 16.2. The molecule has 0 aromatic heterocycles. The first-order valence-electron chi connectivity index (χ1n) is 7.91. The second-order valence-corrected chi connectivity index (χ2v) is 7.60. The fourth-order valence-corrected chi connectivity index (χ4v) is 4.47. The van der Waals surface area contributed by atoms with Gasteiger partial charge in [0.15, 0.2) is 0 Å². The minimum atomic E-state index is 0.307. The van der Waals surface area contributed by atoms with Crippen molar-refractivity contribution in [3.63, 3.8) is 0 Å². The predicted molar refractivity (Wildman–Crippen MR) is 78.7 cm³/mol. The molecule has 1 amide bonds. The Morgan fingerprint density at radius 3 is 2.74 bits per heavy atom. The molecule has 1 aliphatic heterocycles. The molecule has 19 heavy (non-hydrogen) atoms. The summed E-state index contributed by atoms with van der Waals surface area (Å²) in [7, 11) is 0. The molecule has 2 aliphatic rings. The maximum Gasteiger partial charge on any atom is 0.223 e. The van der Waals surface area contributed by atoms with E-state index in [4.69, 9.17) is 5.73 Å². The van der Waals surface area contributed by atoms with Gasteiger partial charge in [-0.3, -0.25) is 4.79 Å². The zero-order chi connectivity index (χ0) is 14.0. The molecule has 110 valence electrons. The molecule has 3 nitrogen and oxygen atoms in total. The molecular formula is C16H30N2O. The quantitative estimate of drug-likeness (QED) is 0.854. The van der Waals surface area contributed by atoms with Crippen molar-refractivity contribution >= 4 is 5.91 Å². The standard InChI is InChI=1S/C16H30N2O/c1-12-7-13(10-16(2,3)9-12)8-15(19)18-6-4-5-14(18)11-17/h12-14H,4-11,17H2,1-3H3. The van der Waals surface area contributed by atoms with Crippen molar-refractivity contribution in [2.24, 2.45) is 23.0 Å². The second kappa shape index (κ2) is 5.82. The molecule has 1 heterocycles. The molecule has 3 atom stereocenters. The summed E-state index contributed by atoms with van der Waals surface area (Å²) in [5, 5.41) is 0. The van der Waals surface area contributed by atoms with Gasteiger partial charge in [-0.05, 0) is 49.4 Å². The summed E-state index contributed by atoms with van der Waals surface area (Å²) in [6.07, 6.45) is 6.67. The monoisotopic (exact) mass is 266 g/mol. The Labute approximate surface area is 117 Å². The van der Waals surface area contributed by atoms with Gasteiger partial charge in [-0.15, -0.1) is 0 Å². The van der Waals surface area contributed by atoms with Crippen LogP contribution >= 0.6 is 0 Å². The van der Waals surface area contributed by atoms with Crippen LogP contribution in [0, 0.1) is 17.3 Å². The van der Waals surface area contributed by atoms with Gasteiger partial charge < -0.3 is 10.6 Å². The summed E-state index contributed by atoms with van der Waals surface area (Å²) in [6.45, 7) is 8.57. The van der Waals surface area contributed by atoms with Crippen LogP contribution in [0.3, 0.4) is 0 Å². The first-order valence-corrected chi connectivity index (χ1v) is 7.91. The Bertz CT molecular complexity index is 327. The van der Waals surface area contributed by atoms with E-state index in [-0.39, 0.29) is 0 Å². The van der Waals surface area contributed by atoms with E-state index in [0.717, 1.165) is 31.7 Å². The fourth-order valence-electron chi connectivity index (χ4n) is 4.47. The van der Waals surface area contributed by atoms with Gasteiger partial charge in [0.25, 0.3) is 0 Å². The highest BCUT2D eigenvalue weighted by Crippen LogP contribution is 2.43. The molecule has 2 fully saturated rings.